The Kier molecular flexibility index (Phi) is 3.89. The molecular formula is C11H16ClN3O2S. The summed E-state index contributed by atoms with van der Waals surface area (Å²) in [5, 5.41) is 0.411. The van der Waals surface area contributed by atoms with Crippen LogP contribution < -0.4 is 0 Å². The van der Waals surface area contributed by atoms with E-state index in [0.29, 0.717) is 24.1 Å². The molecule has 0 bridgehead atoms. The lowest BCUT2D eigenvalue weighted by molar-refractivity contribution is 0.314. The molecule has 0 saturated carbocycles. The maximum absolute atomic E-state index is 11.6. The SMILES string of the molecule is Cc1nc(Cl)cc([C@H]2CCCN(S(C)(=O)=O)C2)n1. The number of hydrogen-bond donors (Lipinski definition) is 0. The van der Waals surface area contributed by atoms with E-state index in [1.165, 1.54) is 10.6 Å². The second kappa shape index (κ2) is 5.11. The average molecular weight is 290 g/mol. The summed E-state index contributed by atoms with van der Waals surface area (Å²) in [6.07, 6.45) is 3.02. The van der Waals surface area contributed by atoms with Gasteiger partial charge in [-0.25, -0.2) is 22.7 Å². The summed E-state index contributed by atoms with van der Waals surface area (Å²) in [7, 11) is -3.13. The highest BCUT2D eigenvalue weighted by Crippen LogP contribution is 2.27. The van der Waals surface area contributed by atoms with Gasteiger partial charge in [-0.15, -0.1) is 0 Å². The van der Waals surface area contributed by atoms with Crippen molar-refractivity contribution < 1.29 is 8.42 Å². The first kappa shape index (κ1) is 13.7. The van der Waals surface area contributed by atoms with Gasteiger partial charge in [0.2, 0.25) is 10.0 Å². The van der Waals surface area contributed by atoms with Gasteiger partial charge in [-0.2, -0.15) is 0 Å². The molecule has 0 unspecified atom stereocenters. The van der Waals surface area contributed by atoms with Gasteiger partial charge < -0.3 is 0 Å². The molecule has 0 amide bonds. The minimum Gasteiger partial charge on any atom is -0.238 e. The topological polar surface area (TPSA) is 63.2 Å². The molecule has 0 spiro atoms. The van der Waals surface area contributed by atoms with Crippen LogP contribution in [0.25, 0.3) is 0 Å². The largest absolute Gasteiger partial charge is 0.238 e. The van der Waals surface area contributed by atoms with Gasteiger partial charge >= 0.3 is 0 Å². The summed E-state index contributed by atoms with van der Waals surface area (Å²) in [5.74, 6) is 0.724. The smallest absolute Gasteiger partial charge is 0.211 e. The summed E-state index contributed by atoms with van der Waals surface area (Å²) in [5.41, 5.74) is 0.834. The number of sulfonamides is 1. The highest BCUT2D eigenvalue weighted by atomic mass is 35.5. The molecule has 1 aromatic rings. The van der Waals surface area contributed by atoms with Crippen LogP contribution in [-0.4, -0.2) is 42.0 Å². The van der Waals surface area contributed by atoms with E-state index in [4.69, 9.17) is 11.6 Å². The molecular weight excluding hydrogens is 274 g/mol. The molecule has 0 radical (unpaired) electrons. The summed E-state index contributed by atoms with van der Waals surface area (Å²) in [6.45, 7) is 2.85. The summed E-state index contributed by atoms with van der Waals surface area (Å²) in [4.78, 5) is 8.38. The van der Waals surface area contributed by atoms with Crippen LogP contribution in [0.5, 0.6) is 0 Å². The van der Waals surface area contributed by atoms with E-state index in [0.717, 1.165) is 18.5 Å². The average Bonchev–Trinajstić information content (AvgIpc) is 2.27. The Bertz CT molecular complexity index is 527. The molecule has 1 aromatic heterocycles. The number of aryl methyl sites for hydroxylation is 1. The minimum absolute atomic E-state index is 0.104. The maximum atomic E-state index is 11.6. The molecule has 2 rings (SSSR count). The van der Waals surface area contributed by atoms with Crippen LogP contribution in [0.4, 0.5) is 0 Å². The predicted molar refractivity (Wildman–Crippen MR) is 70.2 cm³/mol. The Hall–Kier alpha value is -0.720. The summed E-state index contributed by atoms with van der Waals surface area (Å²) in [6, 6.07) is 1.73. The third-order valence-corrected chi connectivity index (χ3v) is 4.56. The summed E-state index contributed by atoms with van der Waals surface area (Å²) >= 11 is 5.91. The Labute approximate surface area is 112 Å². The quantitative estimate of drug-likeness (QED) is 0.776. The minimum atomic E-state index is -3.13. The van der Waals surface area contributed by atoms with Gasteiger partial charge in [0, 0.05) is 24.7 Å². The van der Waals surface area contributed by atoms with Gasteiger partial charge in [0.15, 0.2) is 0 Å². The van der Waals surface area contributed by atoms with E-state index < -0.39 is 10.0 Å². The fourth-order valence-electron chi connectivity index (χ4n) is 2.25. The van der Waals surface area contributed by atoms with Crippen molar-refractivity contribution in [3.63, 3.8) is 0 Å². The zero-order valence-corrected chi connectivity index (χ0v) is 12.0. The highest BCUT2D eigenvalue weighted by molar-refractivity contribution is 7.88. The van der Waals surface area contributed by atoms with Crippen molar-refractivity contribution in [3.8, 4) is 0 Å². The standard InChI is InChI=1S/C11H16ClN3O2S/c1-8-13-10(6-11(12)14-8)9-4-3-5-15(7-9)18(2,16)17/h6,9H,3-5,7H2,1-2H3/t9-/m0/s1. The van der Waals surface area contributed by atoms with E-state index in [9.17, 15) is 8.42 Å². The lowest BCUT2D eigenvalue weighted by Crippen LogP contribution is -2.38. The predicted octanol–water partition coefficient (Wildman–Crippen LogP) is 1.58. The first-order chi connectivity index (χ1) is 8.36. The molecule has 1 atom stereocenters. The van der Waals surface area contributed by atoms with E-state index in [2.05, 4.69) is 9.97 Å². The van der Waals surface area contributed by atoms with Crippen LogP contribution in [0.1, 0.15) is 30.3 Å². The second-order valence-corrected chi connectivity index (χ2v) is 6.99. The zero-order valence-electron chi connectivity index (χ0n) is 10.4. The van der Waals surface area contributed by atoms with Crippen molar-refractivity contribution in [2.75, 3.05) is 19.3 Å². The molecule has 0 aliphatic carbocycles. The number of halogens is 1. The number of nitrogens with zero attached hydrogens (tertiary/aromatic N) is 3. The molecule has 2 heterocycles. The maximum Gasteiger partial charge on any atom is 0.211 e. The van der Waals surface area contributed by atoms with Crippen LogP contribution in [0.3, 0.4) is 0 Å². The molecule has 1 fully saturated rings. The molecule has 18 heavy (non-hydrogen) atoms. The Morgan fingerprint density at radius 2 is 2.17 bits per heavy atom. The lowest BCUT2D eigenvalue weighted by Gasteiger charge is -2.30. The van der Waals surface area contributed by atoms with Crippen molar-refractivity contribution in [2.45, 2.75) is 25.7 Å². The molecule has 0 N–H and O–H groups in total. The zero-order chi connectivity index (χ0) is 13.3. The van der Waals surface area contributed by atoms with Crippen molar-refractivity contribution in [2.24, 2.45) is 0 Å². The Balaban J connectivity index is 2.23. The van der Waals surface area contributed by atoms with Gasteiger partial charge in [-0.3, -0.25) is 0 Å². The first-order valence-electron chi connectivity index (χ1n) is 5.82. The molecule has 5 nitrogen and oxygen atoms in total. The lowest BCUT2D eigenvalue weighted by atomic mass is 9.96. The number of piperidine rings is 1. The Morgan fingerprint density at radius 1 is 1.44 bits per heavy atom. The molecule has 100 valence electrons. The number of hydrogen-bond acceptors (Lipinski definition) is 4. The fourth-order valence-corrected chi connectivity index (χ4v) is 3.39. The van der Waals surface area contributed by atoms with Crippen molar-refractivity contribution >= 4 is 21.6 Å². The van der Waals surface area contributed by atoms with Gasteiger partial charge in [0.05, 0.1) is 6.26 Å². The summed E-state index contributed by atoms with van der Waals surface area (Å²) < 4.78 is 24.6. The monoisotopic (exact) mass is 289 g/mol. The van der Waals surface area contributed by atoms with E-state index in [-0.39, 0.29) is 5.92 Å². The van der Waals surface area contributed by atoms with Gasteiger partial charge in [0.25, 0.3) is 0 Å². The third kappa shape index (κ3) is 3.18. The van der Waals surface area contributed by atoms with Crippen LogP contribution >= 0.6 is 11.6 Å². The van der Waals surface area contributed by atoms with Crippen molar-refractivity contribution in [3.05, 3.63) is 22.7 Å². The van der Waals surface area contributed by atoms with Crippen molar-refractivity contribution in [1.82, 2.24) is 14.3 Å². The molecule has 1 aliphatic rings. The molecule has 1 aliphatic heterocycles. The number of aromatic nitrogens is 2. The van der Waals surface area contributed by atoms with E-state index in [1.807, 2.05) is 0 Å². The third-order valence-electron chi connectivity index (χ3n) is 3.10. The van der Waals surface area contributed by atoms with Gasteiger partial charge in [-0.05, 0) is 25.8 Å². The van der Waals surface area contributed by atoms with Gasteiger partial charge in [-0.1, -0.05) is 11.6 Å². The van der Waals surface area contributed by atoms with Gasteiger partial charge in [0.1, 0.15) is 11.0 Å². The normalized spacial score (nSPS) is 22.1. The second-order valence-electron chi connectivity index (χ2n) is 4.62. The first-order valence-corrected chi connectivity index (χ1v) is 8.05. The van der Waals surface area contributed by atoms with Crippen LogP contribution in [0.15, 0.2) is 6.07 Å². The van der Waals surface area contributed by atoms with Crippen LogP contribution in [0, 0.1) is 6.92 Å². The van der Waals surface area contributed by atoms with E-state index in [1.54, 1.807) is 13.0 Å². The fraction of sp³-hybridized carbons (Fsp3) is 0.636. The Morgan fingerprint density at radius 3 is 2.78 bits per heavy atom. The molecule has 0 aromatic carbocycles. The molecule has 1 saturated heterocycles. The van der Waals surface area contributed by atoms with Crippen molar-refractivity contribution in [1.29, 1.82) is 0 Å². The van der Waals surface area contributed by atoms with Crippen LogP contribution in [-0.2, 0) is 10.0 Å². The van der Waals surface area contributed by atoms with E-state index >= 15 is 0 Å². The molecule has 7 heteroatoms. The number of rotatable bonds is 2. The van der Waals surface area contributed by atoms with Crippen LogP contribution in [0.2, 0.25) is 5.15 Å². The highest BCUT2D eigenvalue weighted by Gasteiger charge is 2.27.